The zero-order valence-corrected chi connectivity index (χ0v) is 58.1. The van der Waals surface area contributed by atoms with Crippen molar-refractivity contribution >= 4 is 118 Å². The van der Waals surface area contributed by atoms with Gasteiger partial charge in [-0.05, 0) is 101 Å². The summed E-state index contributed by atoms with van der Waals surface area (Å²) in [6.45, 7) is -2.31. The molecule has 1 aromatic carbocycles. The van der Waals surface area contributed by atoms with E-state index in [0.717, 1.165) is 0 Å². The Hall–Kier alpha value is -10.8. The molecule has 43 heteroatoms. The second kappa shape index (κ2) is 48.1. The first-order valence-electron chi connectivity index (χ1n) is 32.9. The maximum Gasteiger partial charge on any atom is 0.326 e. The number of rotatable bonds is 50. The highest BCUT2D eigenvalue weighted by Gasteiger charge is 2.39. The predicted molar refractivity (Wildman–Crippen MR) is 377 cm³/mol. The number of aliphatic hydroxyl groups is 1. The lowest BCUT2D eigenvalue weighted by molar-refractivity contribution is -0.142. The zero-order valence-electron chi connectivity index (χ0n) is 57.3. The lowest BCUT2D eigenvalue weighted by Gasteiger charge is -2.28. The van der Waals surface area contributed by atoms with Crippen molar-refractivity contribution in [2.75, 3.05) is 64.4 Å². The quantitative estimate of drug-likeness (QED) is 0.0164. The number of carboxylic acids is 2. The molecule has 1 aromatic rings. The van der Waals surface area contributed by atoms with Crippen LogP contribution in [-0.2, 0) is 73.5 Å². The summed E-state index contributed by atoms with van der Waals surface area (Å²) in [5.74, 6) is -14.9. The van der Waals surface area contributed by atoms with Gasteiger partial charge in [0.15, 0.2) is 23.8 Å². The third-order valence-electron chi connectivity index (χ3n) is 15.3. The number of benzene rings is 1. The summed E-state index contributed by atoms with van der Waals surface area (Å²) in [5, 5.41) is 54.1. The molecule has 1 saturated heterocycles. The van der Waals surface area contributed by atoms with Crippen molar-refractivity contribution in [1.29, 1.82) is 0 Å². The topological polar surface area (TPSA) is 733 Å². The van der Waals surface area contributed by atoms with Gasteiger partial charge >= 0.3 is 11.9 Å². The van der Waals surface area contributed by atoms with Crippen LogP contribution in [0, 0.1) is 0 Å². The Bertz CT molecular complexity index is 3150. The average Bonchev–Trinajstić information content (AvgIpc) is 1.74. The molecule has 12 amide bonds. The maximum absolute atomic E-state index is 14.2. The molecule has 0 spiro atoms. The van der Waals surface area contributed by atoms with Crippen LogP contribution in [0.4, 0.5) is 0 Å². The van der Waals surface area contributed by atoms with Crippen molar-refractivity contribution in [2.45, 2.75) is 163 Å². The number of likely N-dealkylation sites (tertiary alicyclic amines) is 1. The van der Waals surface area contributed by atoms with Gasteiger partial charge < -0.3 is 131 Å². The van der Waals surface area contributed by atoms with Crippen molar-refractivity contribution in [2.24, 2.45) is 77.3 Å². The van der Waals surface area contributed by atoms with Gasteiger partial charge in [0, 0.05) is 52.0 Å². The minimum atomic E-state index is -1.85. The Kier molecular flexibility index (Phi) is 41.2. The molecule has 0 aromatic heterocycles. The van der Waals surface area contributed by atoms with E-state index in [0.29, 0.717) is 18.4 Å². The Morgan fingerprint density at radius 2 is 0.893 bits per heavy atom. The number of carboxylic acid groups (broad SMARTS) is 2. The number of nitrogens with zero attached hydrogens (tertiary/aromatic N) is 5. The van der Waals surface area contributed by atoms with E-state index in [2.05, 4.69) is 73.1 Å². The monoisotopic (exact) mass is 1480 g/mol. The lowest BCUT2D eigenvalue weighted by atomic mass is 10.0. The molecule has 33 N–H and O–H groups in total. The Labute approximate surface area is 597 Å². The molecule has 1 heterocycles. The van der Waals surface area contributed by atoms with Gasteiger partial charge in [0.2, 0.25) is 70.9 Å². The van der Waals surface area contributed by atoms with Crippen molar-refractivity contribution in [3.8, 4) is 0 Å². The van der Waals surface area contributed by atoms with E-state index >= 15 is 0 Å². The number of hydrogen-bond acceptors (Lipinski definition) is 21. The molecule has 10 atom stereocenters. The summed E-state index contributed by atoms with van der Waals surface area (Å²) in [7, 11) is 0. The number of aliphatic carboxylic acids is 2. The average molecular weight is 1480 g/mol. The Morgan fingerprint density at radius 3 is 1.33 bits per heavy atom. The van der Waals surface area contributed by atoms with Crippen LogP contribution in [0.25, 0.3) is 0 Å². The molecule has 0 unspecified atom stereocenters. The smallest absolute Gasteiger partial charge is 0.326 e. The van der Waals surface area contributed by atoms with E-state index in [1.807, 2.05) is 0 Å². The summed E-state index contributed by atoms with van der Waals surface area (Å²) < 4.78 is 0. The fourth-order valence-corrected chi connectivity index (χ4v) is 10.5. The highest BCUT2D eigenvalue weighted by molar-refractivity contribution is 7.98. The van der Waals surface area contributed by atoms with E-state index < -0.39 is 189 Å². The van der Waals surface area contributed by atoms with Crippen LogP contribution in [0.15, 0.2) is 50.3 Å². The summed E-state index contributed by atoms with van der Waals surface area (Å²) in [4.78, 5) is 204. The van der Waals surface area contributed by atoms with Gasteiger partial charge in [-0.3, -0.25) is 82.3 Å². The molecule has 0 bridgehead atoms. The number of guanidine groups is 4. The highest BCUT2D eigenvalue weighted by atomic mass is 32.2. The van der Waals surface area contributed by atoms with Gasteiger partial charge in [0.05, 0.1) is 25.7 Å². The number of nitrogens with one attached hydrogen (secondary N) is 10. The number of thioether (sulfide) groups is 1. The molecule has 42 nitrogen and oxygen atoms in total. The van der Waals surface area contributed by atoms with Gasteiger partial charge in [0.1, 0.15) is 54.4 Å². The first kappa shape index (κ1) is 88.2. The Morgan fingerprint density at radius 1 is 0.495 bits per heavy atom. The van der Waals surface area contributed by atoms with Crippen LogP contribution in [0.1, 0.15) is 102 Å². The number of aliphatic hydroxyl groups excluding tert-OH is 1. The second-order valence-electron chi connectivity index (χ2n) is 23.6. The van der Waals surface area contributed by atoms with Crippen LogP contribution in [0.3, 0.4) is 0 Å². The van der Waals surface area contributed by atoms with Crippen molar-refractivity contribution in [3.63, 3.8) is 0 Å². The van der Waals surface area contributed by atoms with Crippen molar-refractivity contribution in [1.82, 2.24) is 58.1 Å². The summed E-state index contributed by atoms with van der Waals surface area (Å²) in [6, 6.07) is -6.26. The zero-order chi connectivity index (χ0) is 77.1. The van der Waals surface area contributed by atoms with E-state index in [1.54, 1.807) is 36.6 Å². The molecule has 0 radical (unpaired) electrons. The summed E-state index contributed by atoms with van der Waals surface area (Å²) in [5.41, 5.74) is 55.4. The van der Waals surface area contributed by atoms with Crippen LogP contribution < -0.4 is 111 Å². The Balaban J connectivity index is 2.33. The number of carbonyl (C=O) groups is 14. The van der Waals surface area contributed by atoms with Crippen LogP contribution in [-0.4, -0.2) is 252 Å². The molecule has 2 rings (SSSR count). The molecule has 1 fully saturated rings. The number of aliphatic imine (C=N–C) groups is 4. The van der Waals surface area contributed by atoms with E-state index in [4.69, 9.17) is 57.3 Å². The summed E-state index contributed by atoms with van der Waals surface area (Å²) >= 11 is 1.26. The van der Waals surface area contributed by atoms with Crippen molar-refractivity contribution in [3.05, 3.63) is 35.9 Å². The van der Waals surface area contributed by atoms with E-state index in [9.17, 15) is 82.4 Å². The van der Waals surface area contributed by atoms with Gasteiger partial charge in [0.25, 0.3) is 0 Å². The molecule has 1 aliphatic heterocycles. The molecule has 574 valence electrons. The van der Waals surface area contributed by atoms with E-state index in [1.165, 1.54) is 16.7 Å². The third kappa shape index (κ3) is 36.4. The minimum Gasteiger partial charge on any atom is -0.481 e. The minimum absolute atomic E-state index is 0.00133. The number of carbonyl (C=O) groups excluding carboxylic acids is 12. The van der Waals surface area contributed by atoms with Gasteiger partial charge in [-0.1, -0.05) is 30.3 Å². The second-order valence-corrected chi connectivity index (χ2v) is 24.5. The number of primary amides is 1. The number of hydrogen-bond donors (Lipinski definition) is 23. The van der Waals surface area contributed by atoms with Crippen LogP contribution >= 0.6 is 11.8 Å². The molecule has 103 heavy (non-hydrogen) atoms. The first-order chi connectivity index (χ1) is 48.8. The van der Waals surface area contributed by atoms with Crippen molar-refractivity contribution < 1.29 is 82.4 Å². The van der Waals surface area contributed by atoms with Gasteiger partial charge in [-0.2, -0.15) is 11.8 Å². The highest BCUT2D eigenvalue weighted by Crippen LogP contribution is 2.20. The van der Waals surface area contributed by atoms with Crippen LogP contribution in [0.2, 0.25) is 0 Å². The molecule has 0 saturated carbocycles. The van der Waals surface area contributed by atoms with Crippen LogP contribution in [0.5, 0.6) is 0 Å². The molecular weight excluding hydrogens is 1370 g/mol. The summed E-state index contributed by atoms with van der Waals surface area (Å²) in [6.07, 6.45) is 0.0780. The molecule has 1 aliphatic rings. The third-order valence-corrected chi connectivity index (χ3v) is 15.9. The fraction of sp³-hybridized carbons (Fsp3) is 0.600. The first-order valence-corrected chi connectivity index (χ1v) is 34.3. The molecule has 0 aliphatic carbocycles. The van der Waals surface area contributed by atoms with E-state index in [-0.39, 0.29) is 127 Å². The number of amides is 12. The molecular formula is C60H101N25O17S. The SMILES string of the molecule is CSCC[C@H](NC(=O)CNC(=O)[C@H](Cc1ccccc1)NC(=O)CNC(=O)[C@H](CCCN=C(N)N)NC(=O)[C@@H]1CCCN1C(=O)[C@@H](N)CCCN=C(N)N)C(=O)N[C@@H](CO)C(=O)N[C@@H](CCCN=C(N)N)C(=O)N[C@@H](CCC(=O)O)C(=O)N[C@@H](CCCN=C(N)N)C(=O)N[C@@H](CCC(N)=O)C(=O)O. The largest absolute Gasteiger partial charge is 0.481 e. The lowest BCUT2D eigenvalue weighted by Crippen LogP contribution is -2.60. The standard InChI is InChI=1S/C60H101N25O17S/c1-103-27-21-38(52(97)84-41(31-86)53(98)80-35(14-7-24-73-59(67)68)49(94)81-37(18-20-46(90)91)51(96)79-36(15-8-25-74-60(69)70)50(95)83-39(56(101)102)17-19-43(62)87)77-44(88)29-76-48(93)40(28-32-10-3-2-4-11-32)78-45(89)30-75-47(92)34(13-6-23-72-58(65)66)82-54(99)42-16-9-26-85(42)55(100)33(61)12-5-22-71-57(63)64/h2-4,10-11,33-42,86H,5-9,12-31,61H2,1H3,(H2,62,87)(H,75,92)(H,76,93)(H,77,88)(H,78,89)(H,79,96)(H,80,98)(H,81,94)(H,82,99)(H,83,95)(H,84,97)(H,90,91)(H,101,102)(H4,63,64,71)(H4,65,66,72)(H4,67,68,73)(H4,69,70,74)/t33-,34-,35-,36-,37-,38-,39-,40-,41-,42-/m0/s1. The fourth-order valence-electron chi connectivity index (χ4n) is 10.0. The normalized spacial score (nSPS) is 14.9. The van der Waals surface area contributed by atoms with Gasteiger partial charge in [-0.25, -0.2) is 4.79 Å². The van der Waals surface area contributed by atoms with Gasteiger partial charge in [-0.15, -0.1) is 0 Å². The predicted octanol–water partition coefficient (Wildman–Crippen LogP) is -10.2. The maximum atomic E-state index is 14.2. The number of nitrogens with two attached hydrogens (primary N) is 10.